The summed E-state index contributed by atoms with van der Waals surface area (Å²) in [5, 5.41) is 8.58. The quantitative estimate of drug-likeness (QED) is 0.105. The van der Waals surface area contributed by atoms with E-state index in [0.29, 0.717) is 30.4 Å². The van der Waals surface area contributed by atoms with Crippen molar-refractivity contribution in [3.63, 3.8) is 0 Å². The highest BCUT2D eigenvalue weighted by atomic mass is 16.5. The molecule has 48 heavy (non-hydrogen) atoms. The van der Waals surface area contributed by atoms with Crippen LogP contribution in [0.2, 0.25) is 0 Å². The zero-order valence-electron chi connectivity index (χ0n) is 27.0. The summed E-state index contributed by atoms with van der Waals surface area (Å²) in [5.41, 5.74) is 5.10. The molecular formula is C39H39N3O6. The van der Waals surface area contributed by atoms with Crippen LogP contribution in [0.3, 0.4) is 0 Å². The molecule has 0 aliphatic heterocycles. The van der Waals surface area contributed by atoms with E-state index in [2.05, 4.69) is 29.1 Å². The van der Waals surface area contributed by atoms with E-state index in [0.717, 1.165) is 33.4 Å². The van der Waals surface area contributed by atoms with Crippen molar-refractivity contribution in [3.05, 3.63) is 145 Å². The highest BCUT2D eigenvalue weighted by molar-refractivity contribution is 5.92. The van der Waals surface area contributed by atoms with Crippen molar-refractivity contribution in [3.8, 4) is 28.4 Å². The van der Waals surface area contributed by atoms with Crippen molar-refractivity contribution in [1.29, 1.82) is 0 Å². The van der Waals surface area contributed by atoms with Gasteiger partial charge in [0.25, 0.3) is 0 Å². The van der Waals surface area contributed by atoms with Crippen LogP contribution in [0.25, 0.3) is 17.2 Å². The first-order chi connectivity index (χ1) is 23.3. The predicted molar refractivity (Wildman–Crippen MR) is 188 cm³/mol. The van der Waals surface area contributed by atoms with Crippen LogP contribution < -0.4 is 30.2 Å². The normalized spacial score (nSPS) is 11.2. The number of hydrogen-bond donors (Lipinski definition) is 3. The molecule has 0 aromatic heterocycles. The molecule has 0 aliphatic rings. The van der Waals surface area contributed by atoms with Crippen molar-refractivity contribution >= 4 is 23.8 Å². The highest BCUT2D eigenvalue weighted by Crippen LogP contribution is 2.40. The van der Waals surface area contributed by atoms with Crippen molar-refractivity contribution < 1.29 is 28.6 Å². The third-order valence-electron chi connectivity index (χ3n) is 7.31. The van der Waals surface area contributed by atoms with Gasteiger partial charge in [0, 0.05) is 18.2 Å². The first-order valence-corrected chi connectivity index (χ1v) is 15.3. The second-order valence-electron chi connectivity index (χ2n) is 10.5. The monoisotopic (exact) mass is 645 g/mol. The Morgan fingerprint density at radius 3 is 2.19 bits per heavy atom. The second kappa shape index (κ2) is 17.6. The third kappa shape index (κ3) is 9.70. The van der Waals surface area contributed by atoms with Crippen molar-refractivity contribution in [2.45, 2.75) is 12.6 Å². The van der Waals surface area contributed by atoms with Gasteiger partial charge in [-0.25, -0.2) is 0 Å². The van der Waals surface area contributed by atoms with Gasteiger partial charge in [-0.05, 0) is 70.3 Å². The lowest BCUT2D eigenvalue weighted by atomic mass is 9.95. The predicted octanol–water partition coefficient (Wildman–Crippen LogP) is 5.77. The van der Waals surface area contributed by atoms with E-state index in [9.17, 15) is 14.4 Å². The van der Waals surface area contributed by atoms with Crippen molar-refractivity contribution in [2.24, 2.45) is 0 Å². The van der Waals surface area contributed by atoms with Crippen LogP contribution in [0, 0.1) is 0 Å². The fraction of sp³-hybridized carbons (Fsp3) is 0.154. The lowest BCUT2D eigenvalue weighted by molar-refractivity contribution is -0.117. The van der Waals surface area contributed by atoms with E-state index in [1.165, 1.54) is 18.2 Å². The average molecular weight is 646 g/mol. The van der Waals surface area contributed by atoms with E-state index in [1.807, 2.05) is 78.9 Å². The van der Waals surface area contributed by atoms with Gasteiger partial charge in [0.15, 0.2) is 11.5 Å². The van der Waals surface area contributed by atoms with Gasteiger partial charge < -0.3 is 30.2 Å². The van der Waals surface area contributed by atoms with Crippen molar-refractivity contribution in [2.75, 3.05) is 27.4 Å². The Morgan fingerprint density at radius 1 is 0.771 bits per heavy atom. The maximum absolute atomic E-state index is 12.8. The van der Waals surface area contributed by atoms with Gasteiger partial charge in [-0.1, -0.05) is 79.9 Å². The molecule has 0 heterocycles. The van der Waals surface area contributed by atoms with Gasteiger partial charge in [-0.3, -0.25) is 14.4 Å². The average Bonchev–Trinajstić information content (AvgIpc) is 3.13. The summed E-state index contributed by atoms with van der Waals surface area (Å²) in [4.78, 5) is 36.3. The Balaban J connectivity index is 1.47. The highest BCUT2D eigenvalue weighted by Gasteiger charge is 2.18. The number of carbonyl (C=O) groups excluding carboxylic acids is 3. The summed E-state index contributed by atoms with van der Waals surface area (Å²) in [5.74, 6) is 0.903. The van der Waals surface area contributed by atoms with E-state index in [4.69, 9.17) is 14.2 Å². The van der Waals surface area contributed by atoms with E-state index in [-0.39, 0.29) is 30.3 Å². The molecule has 9 nitrogen and oxygen atoms in total. The van der Waals surface area contributed by atoms with Crippen LogP contribution in [0.5, 0.6) is 17.2 Å². The molecule has 246 valence electrons. The number of hydrogen-bond acceptors (Lipinski definition) is 6. The Kier molecular flexibility index (Phi) is 12.7. The number of nitrogens with one attached hydrogen (secondary N) is 3. The third-order valence-corrected chi connectivity index (χ3v) is 7.31. The van der Waals surface area contributed by atoms with Gasteiger partial charge in [-0.15, -0.1) is 0 Å². The minimum atomic E-state index is -0.358. The van der Waals surface area contributed by atoms with Gasteiger partial charge in [0.1, 0.15) is 12.4 Å². The fourth-order valence-corrected chi connectivity index (χ4v) is 4.94. The van der Waals surface area contributed by atoms with E-state index in [1.54, 1.807) is 32.4 Å². The Labute approximate surface area is 280 Å². The molecule has 3 amide bonds. The largest absolute Gasteiger partial charge is 0.493 e. The summed E-state index contributed by atoms with van der Waals surface area (Å²) >= 11 is 0. The molecule has 0 saturated heterocycles. The van der Waals surface area contributed by atoms with E-state index < -0.39 is 0 Å². The first-order valence-electron chi connectivity index (χ1n) is 15.3. The van der Waals surface area contributed by atoms with Crippen LogP contribution in [0.1, 0.15) is 28.3 Å². The van der Waals surface area contributed by atoms with Crippen LogP contribution in [0.15, 0.2) is 122 Å². The van der Waals surface area contributed by atoms with Gasteiger partial charge in [-0.2, -0.15) is 0 Å². The Morgan fingerprint density at radius 2 is 1.50 bits per heavy atom. The molecule has 1 unspecified atom stereocenters. The topological polar surface area (TPSA) is 115 Å². The second-order valence-corrected chi connectivity index (χ2v) is 10.5. The summed E-state index contributed by atoms with van der Waals surface area (Å²) in [6.45, 7) is 7.89. The van der Waals surface area contributed by atoms with Gasteiger partial charge in [0.2, 0.25) is 17.7 Å². The standard InChI is InChI=1S/C39H39N3O6/c1-5-35(43)40-21-22-48-32-14-10-11-27(23-32)15-20-37(45)41-26-28-24-33(39(47-4)34(25-28)46-3)29-16-18-31(19-17-29)38(42-36(44)6-2)30-12-8-7-9-13-30/h5-20,23-25,38H,1-2,21-22,26H2,3-4H3,(H,40,43)(H,41,45)(H,42,44)/b20-15+. The molecule has 0 radical (unpaired) electrons. The molecule has 9 heteroatoms. The lowest BCUT2D eigenvalue weighted by Crippen LogP contribution is -2.27. The first kappa shape index (κ1) is 34.8. The van der Waals surface area contributed by atoms with Crippen LogP contribution in [0.4, 0.5) is 0 Å². The molecule has 0 spiro atoms. The van der Waals surface area contributed by atoms with E-state index >= 15 is 0 Å². The minimum Gasteiger partial charge on any atom is -0.493 e. The SMILES string of the molecule is C=CC(=O)NCCOc1cccc(/C=C/C(=O)NCc2cc(OC)c(OC)c(-c3ccc(C(NC(=O)C=C)c4ccccc4)cc3)c2)c1. The number of rotatable bonds is 16. The molecule has 4 rings (SSSR count). The molecular weight excluding hydrogens is 606 g/mol. The fourth-order valence-electron chi connectivity index (χ4n) is 4.94. The smallest absolute Gasteiger partial charge is 0.244 e. The molecule has 4 aromatic carbocycles. The Hall–Kier alpha value is -6.09. The maximum Gasteiger partial charge on any atom is 0.244 e. The molecule has 0 fully saturated rings. The summed E-state index contributed by atoms with van der Waals surface area (Å²) in [6, 6.07) is 28.3. The molecule has 0 aliphatic carbocycles. The van der Waals surface area contributed by atoms with Crippen molar-refractivity contribution in [1.82, 2.24) is 16.0 Å². The summed E-state index contributed by atoms with van der Waals surface area (Å²) in [6.07, 6.45) is 5.62. The maximum atomic E-state index is 12.8. The zero-order valence-corrected chi connectivity index (χ0v) is 27.0. The number of ether oxygens (including phenoxy) is 3. The van der Waals surface area contributed by atoms with Crippen LogP contribution >= 0.6 is 0 Å². The number of benzene rings is 4. The molecule has 0 saturated carbocycles. The van der Waals surface area contributed by atoms with Gasteiger partial charge in [0.05, 0.1) is 26.8 Å². The number of amides is 3. The Bertz CT molecular complexity index is 1770. The summed E-state index contributed by atoms with van der Waals surface area (Å²) in [7, 11) is 3.15. The van der Waals surface area contributed by atoms with Gasteiger partial charge >= 0.3 is 0 Å². The van der Waals surface area contributed by atoms with Crippen LogP contribution in [-0.2, 0) is 20.9 Å². The molecule has 0 bridgehead atoms. The zero-order chi connectivity index (χ0) is 34.3. The van der Waals surface area contributed by atoms with Crippen LogP contribution in [-0.4, -0.2) is 45.1 Å². The number of carbonyl (C=O) groups is 3. The molecule has 4 aromatic rings. The number of methoxy groups -OCH3 is 2. The summed E-state index contributed by atoms with van der Waals surface area (Å²) < 4.78 is 17.1. The minimum absolute atomic E-state index is 0.248. The molecule has 3 N–H and O–H groups in total. The molecule has 1 atom stereocenters. The lowest BCUT2D eigenvalue weighted by Gasteiger charge is -2.20.